The fraction of sp³-hybridized carbons (Fsp3) is 0.200. The van der Waals surface area contributed by atoms with Crippen LogP contribution in [-0.2, 0) is 6.42 Å². The first-order chi connectivity index (χ1) is 10.1. The number of fused-ring (bicyclic) bond motifs is 1. The van der Waals surface area contributed by atoms with Gasteiger partial charge >= 0.3 is 0 Å². The van der Waals surface area contributed by atoms with Crippen LogP contribution in [0.5, 0.6) is 0 Å². The Hall–Kier alpha value is -1.79. The van der Waals surface area contributed by atoms with E-state index in [1.165, 1.54) is 33.0 Å². The molecule has 0 bridgehead atoms. The van der Waals surface area contributed by atoms with Crippen molar-refractivity contribution in [2.24, 2.45) is 0 Å². The summed E-state index contributed by atoms with van der Waals surface area (Å²) >= 11 is 6.76. The molecule has 1 atom stereocenters. The van der Waals surface area contributed by atoms with Crippen molar-refractivity contribution in [1.29, 1.82) is 0 Å². The molecule has 0 aliphatic rings. The fourth-order valence-electron chi connectivity index (χ4n) is 2.85. The van der Waals surface area contributed by atoms with Gasteiger partial charge in [0.15, 0.2) is 0 Å². The van der Waals surface area contributed by atoms with Crippen molar-refractivity contribution in [2.45, 2.75) is 25.6 Å². The van der Waals surface area contributed by atoms with Crippen molar-refractivity contribution in [3.05, 3.63) is 82.9 Å². The predicted octanol–water partition coefficient (Wildman–Crippen LogP) is 5.98. The molecule has 106 valence electrons. The second-order valence-corrected chi connectivity index (χ2v) is 6.20. The predicted molar refractivity (Wildman–Crippen MR) is 92.2 cm³/mol. The number of alkyl halides is 1. The molecule has 3 aromatic carbocycles. The lowest BCUT2D eigenvalue weighted by molar-refractivity contribution is 0.918. The molecular formula is C20H19Cl. The summed E-state index contributed by atoms with van der Waals surface area (Å²) in [5.74, 6) is 0. The van der Waals surface area contributed by atoms with Crippen LogP contribution < -0.4 is 0 Å². The molecule has 0 amide bonds. The van der Waals surface area contributed by atoms with E-state index < -0.39 is 0 Å². The van der Waals surface area contributed by atoms with Crippen LogP contribution in [0.4, 0.5) is 0 Å². The number of hydrogen-bond donors (Lipinski definition) is 0. The summed E-state index contributed by atoms with van der Waals surface area (Å²) in [5.41, 5.74) is 5.09. The summed E-state index contributed by atoms with van der Waals surface area (Å²) in [6, 6.07) is 21.5. The van der Waals surface area contributed by atoms with E-state index in [0.717, 1.165) is 6.42 Å². The van der Waals surface area contributed by atoms with Crippen molar-refractivity contribution < 1.29 is 0 Å². The van der Waals surface area contributed by atoms with Crippen molar-refractivity contribution in [3.8, 4) is 0 Å². The highest BCUT2D eigenvalue weighted by atomic mass is 35.5. The van der Waals surface area contributed by atoms with Crippen LogP contribution in [0.25, 0.3) is 10.8 Å². The van der Waals surface area contributed by atoms with Gasteiger partial charge in [-0.2, -0.15) is 0 Å². The highest BCUT2D eigenvalue weighted by Crippen LogP contribution is 2.33. The van der Waals surface area contributed by atoms with Gasteiger partial charge in [-0.1, -0.05) is 66.2 Å². The maximum Gasteiger partial charge on any atom is 0.0634 e. The second-order valence-electron chi connectivity index (χ2n) is 5.67. The summed E-state index contributed by atoms with van der Waals surface area (Å²) in [6.45, 7) is 4.25. The molecule has 0 nitrogen and oxygen atoms in total. The molecule has 0 heterocycles. The summed E-state index contributed by atoms with van der Waals surface area (Å²) in [5, 5.41) is 2.52. The van der Waals surface area contributed by atoms with Gasteiger partial charge in [0.25, 0.3) is 0 Å². The molecule has 3 aromatic rings. The Balaban J connectivity index is 1.99. The van der Waals surface area contributed by atoms with Crippen LogP contribution >= 0.6 is 11.6 Å². The molecule has 0 spiro atoms. The van der Waals surface area contributed by atoms with Crippen molar-refractivity contribution in [3.63, 3.8) is 0 Å². The van der Waals surface area contributed by atoms with Gasteiger partial charge in [-0.3, -0.25) is 0 Å². The molecule has 0 saturated heterocycles. The third-order valence-electron chi connectivity index (χ3n) is 4.04. The smallest absolute Gasteiger partial charge is 0.0634 e. The second kappa shape index (κ2) is 5.91. The molecule has 0 N–H and O–H groups in total. The highest BCUT2D eigenvalue weighted by molar-refractivity contribution is 6.22. The third kappa shape index (κ3) is 2.96. The van der Waals surface area contributed by atoms with E-state index in [1.54, 1.807) is 0 Å². The van der Waals surface area contributed by atoms with E-state index in [0.29, 0.717) is 0 Å². The molecule has 21 heavy (non-hydrogen) atoms. The number of benzene rings is 3. The quantitative estimate of drug-likeness (QED) is 0.521. The minimum Gasteiger partial charge on any atom is -0.117 e. The fourth-order valence-corrected chi connectivity index (χ4v) is 3.32. The summed E-state index contributed by atoms with van der Waals surface area (Å²) in [7, 11) is 0. The van der Waals surface area contributed by atoms with Gasteiger partial charge in [-0.25, -0.2) is 0 Å². The molecule has 1 unspecified atom stereocenters. The van der Waals surface area contributed by atoms with E-state index >= 15 is 0 Å². The van der Waals surface area contributed by atoms with Crippen molar-refractivity contribution >= 4 is 22.4 Å². The molecular weight excluding hydrogens is 276 g/mol. The van der Waals surface area contributed by atoms with Crippen LogP contribution in [0.3, 0.4) is 0 Å². The minimum atomic E-state index is -0.00111. The summed E-state index contributed by atoms with van der Waals surface area (Å²) in [6.07, 6.45) is 0.858. The first-order valence-electron chi connectivity index (χ1n) is 7.33. The standard InChI is InChI=1S/C20H19Cl/c1-14-7-10-16(11-8-14)13-19(21)20-15(2)9-12-17-5-3-4-6-18(17)20/h3-12,19H,13H2,1-2H3. The first kappa shape index (κ1) is 14.2. The number of aryl methyl sites for hydroxylation is 2. The monoisotopic (exact) mass is 294 g/mol. The Morgan fingerprint density at radius 1 is 0.857 bits per heavy atom. The van der Waals surface area contributed by atoms with E-state index in [2.05, 4.69) is 74.5 Å². The Morgan fingerprint density at radius 3 is 2.33 bits per heavy atom. The lowest BCUT2D eigenvalue weighted by Gasteiger charge is -2.16. The maximum atomic E-state index is 6.76. The number of rotatable bonds is 3. The Labute approximate surface area is 131 Å². The molecule has 0 aliphatic carbocycles. The lowest BCUT2D eigenvalue weighted by atomic mass is 9.94. The topological polar surface area (TPSA) is 0 Å². The van der Waals surface area contributed by atoms with Crippen LogP contribution in [0.1, 0.15) is 27.6 Å². The molecule has 0 fully saturated rings. The van der Waals surface area contributed by atoms with Crippen LogP contribution in [0.15, 0.2) is 60.7 Å². The normalized spacial score (nSPS) is 12.5. The molecule has 3 rings (SSSR count). The Morgan fingerprint density at radius 2 is 1.57 bits per heavy atom. The number of halogens is 1. The van der Waals surface area contributed by atoms with Crippen LogP contribution in [-0.4, -0.2) is 0 Å². The summed E-state index contributed by atoms with van der Waals surface area (Å²) in [4.78, 5) is 0. The maximum absolute atomic E-state index is 6.76. The van der Waals surface area contributed by atoms with Gasteiger partial charge in [0.05, 0.1) is 5.38 Å². The first-order valence-corrected chi connectivity index (χ1v) is 7.76. The zero-order valence-electron chi connectivity index (χ0n) is 12.4. The van der Waals surface area contributed by atoms with Crippen LogP contribution in [0, 0.1) is 13.8 Å². The Kier molecular flexibility index (Phi) is 3.98. The van der Waals surface area contributed by atoms with Gasteiger partial charge in [0, 0.05) is 0 Å². The van der Waals surface area contributed by atoms with Gasteiger partial charge in [-0.05, 0) is 47.7 Å². The van der Waals surface area contributed by atoms with E-state index in [4.69, 9.17) is 11.6 Å². The van der Waals surface area contributed by atoms with E-state index in [9.17, 15) is 0 Å². The highest BCUT2D eigenvalue weighted by Gasteiger charge is 2.14. The van der Waals surface area contributed by atoms with Crippen LogP contribution in [0.2, 0.25) is 0 Å². The average Bonchev–Trinajstić information content (AvgIpc) is 2.49. The number of hydrogen-bond acceptors (Lipinski definition) is 0. The zero-order chi connectivity index (χ0) is 14.8. The zero-order valence-corrected chi connectivity index (χ0v) is 13.2. The molecule has 0 radical (unpaired) electrons. The average molecular weight is 295 g/mol. The van der Waals surface area contributed by atoms with Gasteiger partial charge in [-0.15, -0.1) is 11.6 Å². The Bertz CT molecular complexity index is 756. The van der Waals surface area contributed by atoms with Gasteiger partial charge in [0.2, 0.25) is 0 Å². The SMILES string of the molecule is Cc1ccc(CC(Cl)c2c(C)ccc3ccccc23)cc1. The minimum absolute atomic E-state index is 0.00111. The summed E-state index contributed by atoms with van der Waals surface area (Å²) < 4.78 is 0. The van der Waals surface area contributed by atoms with Crippen molar-refractivity contribution in [2.75, 3.05) is 0 Å². The van der Waals surface area contributed by atoms with Gasteiger partial charge in [0.1, 0.15) is 0 Å². The van der Waals surface area contributed by atoms with Crippen molar-refractivity contribution in [1.82, 2.24) is 0 Å². The lowest BCUT2D eigenvalue weighted by Crippen LogP contribution is -2.00. The largest absolute Gasteiger partial charge is 0.117 e. The molecule has 0 saturated carbocycles. The van der Waals surface area contributed by atoms with E-state index in [-0.39, 0.29) is 5.38 Å². The molecule has 0 aliphatic heterocycles. The third-order valence-corrected chi connectivity index (χ3v) is 4.41. The van der Waals surface area contributed by atoms with Gasteiger partial charge < -0.3 is 0 Å². The molecule has 0 aromatic heterocycles. The van der Waals surface area contributed by atoms with E-state index in [1.807, 2.05) is 0 Å². The molecule has 1 heteroatoms.